The van der Waals surface area contributed by atoms with Crippen molar-refractivity contribution in [3.8, 4) is 11.5 Å². The summed E-state index contributed by atoms with van der Waals surface area (Å²) in [4.78, 5) is 12.3. The molecule has 0 aliphatic rings. The van der Waals surface area contributed by atoms with Crippen molar-refractivity contribution in [2.75, 3.05) is 19.8 Å². The van der Waals surface area contributed by atoms with Crippen LogP contribution in [0.3, 0.4) is 0 Å². The first-order chi connectivity index (χ1) is 15.0. The van der Waals surface area contributed by atoms with Crippen molar-refractivity contribution >= 4 is 17.5 Å². The molecule has 31 heavy (non-hydrogen) atoms. The van der Waals surface area contributed by atoms with Crippen LogP contribution in [0.4, 0.5) is 4.39 Å². The predicted molar refractivity (Wildman–Crippen MR) is 113 cm³/mol. The second-order valence-corrected chi connectivity index (χ2v) is 6.94. The third kappa shape index (κ3) is 5.95. The third-order valence-corrected chi connectivity index (χ3v) is 4.71. The topological polar surface area (TPSA) is 86.5 Å². The Kier molecular flexibility index (Phi) is 7.83. The minimum Gasteiger partial charge on any atom is -0.490 e. The normalized spacial score (nSPS) is 10.7. The minimum atomic E-state index is -0.505. The van der Waals surface area contributed by atoms with Gasteiger partial charge in [-0.25, -0.2) is 4.39 Å². The van der Waals surface area contributed by atoms with E-state index >= 15 is 0 Å². The number of benzene rings is 2. The van der Waals surface area contributed by atoms with Crippen LogP contribution in [0.2, 0.25) is 5.02 Å². The standard InChI is InChI=1S/C22H23ClFN3O4/c1-3-29-18-9-8-14(12-19(18)30-4-2)10-11-25-21(28)22-27-26-20(31-22)13-15-16(23)6-5-7-17(15)24/h5-9,12H,3-4,10-11,13H2,1-2H3,(H,25,28). The van der Waals surface area contributed by atoms with Crippen molar-refractivity contribution in [3.63, 3.8) is 0 Å². The third-order valence-electron chi connectivity index (χ3n) is 4.36. The Labute approximate surface area is 184 Å². The van der Waals surface area contributed by atoms with Gasteiger partial charge in [0.2, 0.25) is 5.89 Å². The Balaban J connectivity index is 1.56. The van der Waals surface area contributed by atoms with Crippen molar-refractivity contribution < 1.29 is 23.1 Å². The molecule has 0 aliphatic carbocycles. The number of halogens is 2. The van der Waals surface area contributed by atoms with Crippen LogP contribution in [-0.4, -0.2) is 35.9 Å². The SMILES string of the molecule is CCOc1ccc(CCNC(=O)c2nnc(Cc3c(F)cccc3Cl)o2)cc1OCC. The van der Waals surface area contributed by atoms with E-state index in [-0.39, 0.29) is 28.8 Å². The van der Waals surface area contributed by atoms with Gasteiger partial charge in [-0.3, -0.25) is 4.79 Å². The zero-order valence-electron chi connectivity index (χ0n) is 17.3. The zero-order chi connectivity index (χ0) is 22.2. The van der Waals surface area contributed by atoms with E-state index in [0.717, 1.165) is 5.56 Å². The Morgan fingerprint density at radius 2 is 1.90 bits per heavy atom. The number of nitrogens with one attached hydrogen (secondary N) is 1. The van der Waals surface area contributed by atoms with Crippen LogP contribution in [-0.2, 0) is 12.8 Å². The highest BCUT2D eigenvalue weighted by Crippen LogP contribution is 2.28. The summed E-state index contributed by atoms with van der Waals surface area (Å²) in [7, 11) is 0. The quantitative estimate of drug-likeness (QED) is 0.500. The lowest BCUT2D eigenvalue weighted by molar-refractivity contribution is 0.0918. The van der Waals surface area contributed by atoms with Crippen LogP contribution in [0.25, 0.3) is 0 Å². The largest absolute Gasteiger partial charge is 0.490 e. The first-order valence-electron chi connectivity index (χ1n) is 9.93. The van der Waals surface area contributed by atoms with Gasteiger partial charge >= 0.3 is 11.8 Å². The van der Waals surface area contributed by atoms with E-state index in [1.807, 2.05) is 32.0 Å². The molecule has 3 rings (SSSR count). The fourth-order valence-corrected chi connectivity index (χ4v) is 3.15. The number of amides is 1. The van der Waals surface area contributed by atoms with Gasteiger partial charge in [-0.1, -0.05) is 23.7 Å². The number of nitrogens with zero attached hydrogens (tertiary/aromatic N) is 2. The lowest BCUT2D eigenvalue weighted by Crippen LogP contribution is -2.26. The number of carbonyl (C=O) groups is 1. The highest BCUT2D eigenvalue weighted by molar-refractivity contribution is 6.31. The zero-order valence-corrected chi connectivity index (χ0v) is 18.0. The summed E-state index contributed by atoms with van der Waals surface area (Å²) in [5, 5.41) is 10.5. The second kappa shape index (κ2) is 10.8. The number of hydrogen-bond acceptors (Lipinski definition) is 6. The van der Waals surface area contributed by atoms with Crippen LogP contribution in [0.5, 0.6) is 11.5 Å². The van der Waals surface area contributed by atoms with Gasteiger partial charge < -0.3 is 19.2 Å². The highest BCUT2D eigenvalue weighted by Gasteiger charge is 2.17. The lowest BCUT2D eigenvalue weighted by Gasteiger charge is -2.12. The van der Waals surface area contributed by atoms with Gasteiger partial charge in [0, 0.05) is 17.1 Å². The molecule has 0 atom stereocenters. The maximum atomic E-state index is 13.9. The summed E-state index contributed by atoms with van der Waals surface area (Å²) in [6.07, 6.45) is 0.572. The lowest BCUT2D eigenvalue weighted by atomic mass is 10.1. The molecule has 1 N–H and O–H groups in total. The molecule has 0 unspecified atom stereocenters. The number of rotatable bonds is 10. The van der Waals surface area contributed by atoms with E-state index in [4.69, 9.17) is 25.5 Å². The van der Waals surface area contributed by atoms with E-state index in [1.54, 1.807) is 6.07 Å². The number of aromatic nitrogens is 2. The number of ether oxygens (including phenoxy) is 2. The molecule has 9 heteroatoms. The molecule has 7 nitrogen and oxygen atoms in total. The molecule has 0 radical (unpaired) electrons. The molecule has 0 aliphatic heterocycles. The summed E-state index contributed by atoms with van der Waals surface area (Å²) >= 11 is 6.01. The fourth-order valence-electron chi connectivity index (χ4n) is 2.92. The fraction of sp³-hybridized carbons (Fsp3) is 0.318. The van der Waals surface area contributed by atoms with Crippen LogP contribution in [0, 0.1) is 5.82 Å². The molecule has 3 aromatic rings. The van der Waals surface area contributed by atoms with Crippen molar-refractivity contribution in [2.45, 2.75) is 26.7 Å². The smallest absolute Gasteiger partial charge is 0.308 e. The maximum absolute atomic E-state index is 13.9. The van der Waals surface area contributed by atoms with Gasteiger partial charge in [-0.2, -0.15) is 0 Å². The Morgan fingerprint density at radius 1 is 1.13 bits per heavy atom. The molecule has 0 bridgehead atoms. The average molecular weight is 448 g/mol. The molecular weight excluding hydrogens is 425 g/mol. The summed E-state index contributed by atoms with van der Waals surface area (Å²) in [5.74, 6) is 0.286. The summed E-state index contributed by atoms with van der Waals surface area (Å²) < 4.78 is 30.4. The van der Waals surface area contributed by atoms with E-state index in [9.17, 15) is 9.18 Å². The highest BCUT2D eigenvalue weighted by atomic mass is 35.5. The van der Waals surface area contributed by atoms with E-state index in [2.05, 4.69) is 15.5 Å². The van der Waals surface area contributed by atoms with Crippen molar-refractivity contribution in [1.29, 1.82) is 0 Å². The molecule has 1 heterocycles. The second-order valence-electron chi connectivity index (χ2n) is 6.53. The Morgan fingerprint density at radius 3 is 2.65 bits per heavy atom. The monoisotopic (exact) mass is 447 g/mol. The molecule has 1 aromatic heterocycles. The molecule has 0 fully saturated rings. The predicted octanol–water partition coefficient (Wildman–Crippen LogP) is 4.22. The summed E-state index contributed by atoms with van der Waals surface area (Å²) in [6.45, 7) is 5.24. The maximum Gasteiger partial charge on any atom is 0.308 e. The Bertz CT molecular complexity index is 1020. The summed E-state index contributed by atoms with van der Waals surface area (Å²) in [6, 6.07) is 10.0. The van der Waals surface area contributed by atoms with Gasteiger partial charge in [-0.15, -0.1) is 10.2 Å². The molecule has 2 aromatic carbocycles. The van der Waals surface area contributed by atoms with Crippen LogP contribution >= 0.6 is 11.6 Å². The molecule has 0 saturated heterocycles. The number of carbonyl (C=O) groups excluding carboxylic acids is 1. The van der Waals surface area contributed by atoms with Crippen molar-refractivity contribution in [1.82, 2.24) is 15.5 Å². The molecule has 0 spiro atoms. The van der Waals surface area contributed by atoms with Crippen LogP contribution < -0.4 is 14.8 Å². The van der Waals surface area contributed by atoms with Gasteiger partial charge in [0.1, 0.15) is 5.82 Å². The van der Waals surface area contributed by atoms with Crippen LogP contribution in [0.1, 0.15) is 41.6 Å². The van der Waals surface area contributed by atoms with Gasteiger partial charge in [0.15, 0.2) is 11.5 Å². The average Bonchev–Trinajstić information content (AvgIpc) is 3.22. The summed E-state index contributed by atoms with van der Waals surface area (Å²) in [5.41, 5.74) is 1.22. The van der Waals surface area contributed by atoms with Gasteiger partial charge in [0.25, 0.3) is 0 Å². The first kappa shape index (κ1) is 22.6. The van der Waals surface area contributed by atoms with Gasteiger partial charge in [-0.05, 0) is 50.1 Å². The van der Waals surface area contributed by atoms with Crippen LogP contribution in [0.15, 0.2) is 40.8 Å². The molecule has 1 amide bonds. The first-order valence-corrected chi connectivity index (χ1v) is 10.3. The van der Waals surface area contributed by atoms with E-state index in [0.29, 0.717) is 37.7 Å². The minimum absolute atomic E-state index is 0.00181. The number of hydrogen-bond donors (Lipinski definition) is 1. The molecule has 0 saturated carbocycles. The van der Waals surface area contributed by atoms with E-state index in [1.165, 1.54) is 12.1 Å². The van der Waals surface area contributed by atoms with E-state index < -0.39 is 11.7 Å². The van der Waals surface area contributed by atoms with Crippen molar-refractivity contribution in [3.05, 3.63) is 70.1 Å². The molecular formula is C22H23ClFN3O4. The van der Waals surface area contributed by atoms with Crippen molar-refractivity contribution in [2.24, 2.45) is 0 Å². The van der Waals surface area contributed by atoms with Gasteiger partial charge in [0.05, 0.1) is 19.6 Å². The Hall–Kier alpha value is -3.13. The molecule has 164 valence electrons.